The first-order chi connectivity index (χ1) is 12.8. The number of nitrogens with one attached hydrogen (secondary N) is 1. The highest BCUT2D eigenvalue weighted by Crippen LogP contribution is 2.24. The van der Waals surface area contributed by atoms with Crippen LogP contribution in [0.2, 0.25) is 0 Å². The van der Waals surface area contributed by atoms with Gasteiger partial charge in [-0.3, -0.25) is 4.79 Å². The summed E-state index contributed by atoms with van der Waals surface area (Å²) in [6.07, 6.45) is 5.16. The molecule has 0 unspecified atom stereocenters. The van der Waals surface area contributed by atoms with Gasteiger partial charge in [-0.25, -0.2) is 14.6 Å². The lowest BCUT2D eigenvalue weighted by Gasteiger charge is -2.29. The van der Waals surface area contributed by atoms with Crippen LogP contribution in [0.5, 0.6) is 0 Å². The molecule has 1 saturated heterocycles. The van der Waals surface area contributed by atoms with E-state index in [0.717, 1.165) is 18.9 Å². The third-order valence-electron chi connectivity index (χ3n) is 4.05. The summed E-state index contributed by atoms with van der Waals surface area (Å²) in [5.41, 5.74) is 0.973. The Hall–Kier alpha value is -3.26. The molecule has 1 aliphatic heterocycles. The van der Waals surface area contributed by atoms with Gasteiger partial charge in [0.2, 0.25) is 0 Å². The number of pyridine rings is 2. The summed E-state index contributed by atoms with van der Waals surface area (Å²) in [6.45, 7) is 2.79. The molecule has 1 aliphatic rings. The number of amides is 1. The lowest BCUT2D eigenvalue weighted by Crippen LogP contribution is -2.37. The SMILES string of the molecule is O=C(Nc1cccnc1N1CCOCC1)c1cccc(-n2cccn2)n1. The molecule has 1 fully saturated rings. The van der Waals surface area contributed by atoms with Crippen LogP contribution in [0.4, 0.5) is 11.5 Å². The van der Waals surface area contributed by atoms with Gasteiger partial charge >= 0.3 is 0 Å². The number of aromatic nitrogens is 4. The first-order valence-electron chi connectivity index (χ1n) is 8.37. The van der Waals surface area contributed by atoms with E-state index in [-0.39, 0.29) is 5.91 Å². The molecule has 0 spiro atoms. The molecule has 3 aromatic rings. The van der Waals surface area contributed by atoms with Crippen molar-refractivity contribution in [2.45, 2.75) is 0 Å². The fraction of sp³-hybridized carbons (Fsp3) is 0.222. The Labute approximate surface area is 150 Å². The van der Waals surface area contributed by atoms with Gasteiger partial charge in [-0.2, -0.15) is 5.10 Å². The van der Waals surface area contributed by atoms with Gasteiger partial charge in [0.05, 0.1) is 18.9 Å². The van der Waals surface area contributed by atoms with Gasteiger partial charge in [0.25, 0.3) is 5.91 Å². The third kappa shape index (κ3) is 3.40. The van der Waals surface area contributed by atoms with Crippen LogP contribution in [0.25, 0.3) is 5.82 Å². The summed E-state index contributed by atoms with van der Waals surface area (Å²) in [7, 11) is 0. The standard InChI is InChI=1S/C18H18N6O2/c25-18(15-4-1-6-16(21-15)24-9-3-8-20-24)22-14-5-2-7-19-17(14)23-10-12-26-13-11-23/h1-9H,10-13H2,(H,22,25). The van der Waals surface area contributed by atoms with E-state index in [9.17, 15) is 4.79 Å². The number of rotatable bonds is 4. The second-order valence-corrected chi connectivity index (χ2v) is 5.76. The Morgan fingerprint density at radius 1 is 1.08 bits per heavy atom. The minimum Gasteiger partial charge on any atom is -0.378 e. The molecule has 4 rings (SSSR count). The second kappa shape index (κ2) is 7.32. The molecule has 0 saturated carbocycles. The van der Waals surface area contributed by atoms with Gasteiger partial charge in [0.1, 0.15) is 5.69 Å². The van der Waals surface area contributed by atoms with E-state index in [4.69, 9.17) is 4.74 Å². The minimum atomic E-state index is -0.290. The average molecular weight is 350 g/mol. The maximum atomic E-state index is 12.7. The molecule has 0 bridgehead atoms. The van der Waals surface area contributed by atoms with Crippen LogP contribution in [-0.2, 0) is 4.74 Å². The maximum absolute atomic E-state index is 12.7. The third-order valence-corrected chi connectivity index (χ3v) is 4.05. The topological polar surface area (TPSA) is 85.2 Å². The lowest BCUT2D eigenvalue weighted by molar-refractivity contribution is 0.102. The highest BCUT2D eigenvalue weighted by atomic mass is 16.5. The van der Waals surface area contributed by atoms with Gasteiger partial charge < -0.3 is 15.0 Å². The first-order valence-corrected chi connectivity index (χ1v) is 8.37. The molecule has 0 aliphatic carbocycles. The zero-order chi connectivity index (χ0) is 17.8. The molecule has 8 nitrogen and oxygen atoms in total. The maximum Gasteiger partial charge on any atom is 0.274 e. The average Bonchev–Trinajstić information content (AvgIpc) is 3.24. The number of ether oxygens (including phenoxy) is 1. The Morgan fingerprint density at radius 3 is 2.77 bits per heavy atom. The molecule has 4 heterocycles. The molecular formula is C18H18N6O2. The summed E-state index contributed by atoms with van der Waals surface area (Å²) in [5, 5.41) is 7.06. The number of anilines is 2. The van der Waals surface area contributed by atoms with Gasteiger partial charge in [-0.05, 0) is 30.3 Å². The van der Waals surface area contributed by atoms with E-state index < -0.39 is 0 Å². The summed E-state index contributed by atoms with van der Waals surface area (Å²) in [5.74, 6) is 1.04. The van der Waals surface area contributed by atoms with Crippen LogP contribution in [-0.4, -0.2) is 52.0 Å². The van der Waals surface area contributed by atoms with Gasteiger partial charge in [0, 0.05) is 31.7 Å². The quantitative estimate of drug-likeness (QED) is 0.772. The Balaban J connectivity index is 1.56. The number of carbonyl (C=O) groups is 1. The summed E-state index contributed by atoms with van der Waals surface area (Å²) < 4.78 is 7.00. The number of carbonyl (C=O) groups excluding carboxylic acids is 1. The van der Waals surface area contributed by atoms with E-state index >= 15 is 0 Å². The summed E-state index contributed by atoms with van der Waals surface area (Å²) >= 11 is 0. The fourth-order valence-electron chi connectivity index (χ4n) is 2.79. The highest BCUT2D eigenvalue weighted by molar-refractivity contribution is 6.04. The summed E-state index contributed by atoms with van der Waals surface area (Å²) in [6, 6.07) is 10.7. The first kappa shape index (κ1) is 16.2. The van der Waals surface area contributed by atoms with Crippen molar-refractivity contribution in [2.24, 2.45) is 0 Å². The van der Waals surface area contributed by atoms with Crippen molar-refractivity contribution >= 4 is 17.4 Å². The highest BCUT2D eigenvalue weighted by Gasteiger charge is 2.18. The fourth-order valence-corrected chi connectivity index (χ4v) is 2.79. The number of hydrogen-bond donors (Lipinski definition) is 1. The van der Waals surface area contributed by atoms with Crippen LogP contribution < -0.4 is 10.2 Å². The molecule has 3 aromatic heterocycles. The minimum absolute atomic E-state index is 0.290. The molecule has 0 atom stereocenters. The van der Waals surface area contributed by atoms with Gasteiger partial charge in [-0.15, -0.1) is 0 Å². The van der Waals surface area contributed by atoms with Crippen LogP contribution >= 0.6 is 0 Å². The van der Waals surface area contributed by atoms with E-state index in [1.54, 1.807) is 53.6 Å². The van der Waals surface area contributed by atoms with E-state index in [2.05, 4.69) is 25.3 Å². The van der Waals surface area contributed by atoms with Crippen LogP contribution in [0.1, 0.15) is 10.5 Å². The van der Waals surface area contributed by atoms with E-state index in [1.165, 1.54) is 0 Å². The van der Waals surface area contributed by atoms with Crippen molar-refractivity contribution in [1.82, 2.24) is 19.7 Å². The molecule has 132 valence electrons. The Kier molecular flexibility index (Phi) is 4.57. The molecule has 0 radical (unpaired) electrons. The van der Waals surface area contributed by atoms with Crippen LogP contribution in [0, 0.1) is 0 Å². The molecule has 1 N–H and O–H groups in total. The number of nitrogens with zero attached hydrogens (tertiary/aromatic N) is 5. The summed E-state index contributed by atoms with van der Waals surface area (Å²) in [4.78, 5) is 23.6. The van der Waals surface area contributed by atoms with Crippen molar-refractivity contribution in [3.8, 4) is 5.82 Å². The number of morpholine rings is 1. The predicted molar refractivity (Wildman–Crippen MR) is 96.6 cm³/mol. The van der Waals surface area contributed by atoms with Gasteiger partial charge in [0.15, 0.2) is 11.6 Å². The monoisotopic (exact) mass is 350 g/mol. The molecular weight excluding hydrogens is 332 g/mol. The number of hydrogen-bond acceptors (Lipinski definition) is 6. The van der Waals surface area contributed by atoms with Crippen LogP contribution in [0.3, 0.4) is 0 Å². The second-order valence-electron chi connectivity index (χ2n) is 5.76. The van der Waals surface area contributed by atoms with Crippen LogP contribution in [0.15, 0.2) is 55.0 Å². The van der Waals surface area contributed by atoms with E-state index in [0.29, 0.717) is 30.4 Å². The van der Waals surface area contributed by atoms with Crippen molar-refractivity contribution in [3.63, 3.8) is 0 Å². The predicted octanol–water partition coefficient (Wildman–Crippen LogP) is 1.75. The largest absolute Gasteiger partial charge is 0.378 e. The zero-order valence-electron chi connectivity index (χ0n) is 14.1. The molecule has 8 heteroatoms. The van der Waals surface area contributed by atoms with Crippen molar-refractivity contribution in [1.29, 1.82) is 0 Å². The lowest BCUT2D eigenvalue weighted by atomic mass is 10.3. The Bertz CT molecular complexity index is 890. The molecule has 1 amide bonds. The van der Waals surface area contributed by atoms with Crippen molar-refractivity contribution < 1.29 is 9.53 Å². The smallest absolute Gasteiger partial charge is 0.274 e. The van der Waals surface area contributed by atoms with E-state index in [1.807, 2.05) is 6.07 Å². The van der Waals surface area contributed by atoms with Crippen molar-refractivity contribution in [3.05, 3.63) is 60.7 Å². The Morgan fingerprint density at radius 2 is 1.96 bits per heavy atom. The van der Waals surface area contributed by atoms with Gasteiger partial charge in [-0.1, -0.05) is 6.07 Å². The molecule has 26 heavy (non-hydrogen) atoms. The van der Waals surface area contributed by atoms with Crippen molar-refractivity contribution in [2.75, 3.05) is 36.5 Å². The molecule has 0 aromatic carbocycles. The zero-order valence-corrected chi connectivity index (χ0v) is 14.1. The normalized spacial score (nSPS) is 14.2.